The standard InChI is InChI=1S/C15H20Cl3N5O4S/c1-4-22(5-2)14(24)21-12(15(16,17)18)20-13(28)19-10-8-9(23(25)26)6-7-11(10)27-3/h6-8,12H,4-5H2,1-3H3,(H,21,24)(H2,19,20,28)/t12-/m0/s1. The molecule has 156 valence electrons. The largest absolute Gasteiger partial charge is 0.495 e. The number of nitrogens with zero attached hydrogens (tertiary/aromatic N) is 2. The van der Waals surface area contributed by atoms with Gasteiger partial charge >= 0.3 is 6.03 Å². The van der Waals surface area contributed by atoms with Gasteiger partial charge in [-0.25, -0.2) is 4.79 Å². The summed E-state index contributed by atoms with van der Waals surface area (Å²) in [6.07, 6.45) is -1.17. The summed E-state index contributed by atoms with van der Waals surface area (Å²) >= 11 is 23.0. The van der Waals surface area contributed by atoms with Crippen LogP contribution in [0.15, 0.2) is 18.2 Å². The summed E-state index contributed by atoms with van der Waals surface area (Å²) < 4.78 is 3.22. The Morgan fingerprint density at radius 2 is 1.93 bits per heavy atom. The summed E-state index contributed by atoms with van der Waals surface area (Å²) in [7, 11) is 1.40. The van der Waals surface area contributed by atoms with Crippen molar-refractivity contribution in [2.24, 2.45) is 0 Å². The average molecular weight is 473 g/mol. The summed E-state index contributed by atoms with van der Waals surface area (Å²) in [5.41, 5.74) is 0.0613. The van der Waals surface area contributed by atoms with E-state index in [1.165, 1.54) is 30.2 Å². The number of alkyl halides is 3. The maximum absolute atomic E-state index is 12.3. The fourth-order valence-electron chi connectivity index (χ4n) is 2.12. The van der Waals surface area contributed by atoms with Gasteiger partial charge in [0.2, 0.25) is 3.79 Å². The zero-order chi connectivity index (χ0) is 21.5. The summed E-state index contributed by atoms with van der Waals surface area (Å²) in [6.45, 7) is 4.54. The molecule has 0 saturated carbocycles. The lowest BCUT2D eigenvalue weighted by molar-refractivity contribution is -0.384. The highest BCUT2D eigenvalue weighted by Gasteiger charge is 2.35. The summed E-state index contributed by atoms with van der Waals surface area (Å²) in [5.74, 6) is 0.312. The van der Waals surface area contributed by atoms with Gasteiger partial charge in [-0.2, -0.15) is 0 Å². The number of halogens is 3. The zero-order valence-corrected chi connectivity index (χ0v) is 18.4. The van der Waals surface area contributed by atoms with Gasteiger partial charge in [0.1, 0.15) is 5.75 Å². The lowest BCUT2D eigenvalue weighted by Crippen LogP contribution is -2.58. The Morgan fingerprint density at radius 1 is 1.32 bits per heavy atom. The Bertz CT molecular complexity index is 728. The van der Waals surface area contributed by atoms with E-state index in [1.54, 1.807) is 0 Å². The molecule has 0 aliphatic rings. The number of nitro benzene ring substituents is 1. The van der Waals surface area contributed by atoms with Crippen molar-refractivity contribution in [1.82, 2.24) is 15.5 Å². The maximum atomic E-state index is 12.3. The monoisotopic (exact) mass is 471 g/mol. The minimum absolute atomic E-state index is 0.0463. The second-order valence-corrected chi connectivity index (χ2v) is 8.11. The topological polar surface area (TPSA) is 109 Å². The SMILES string of the molecule is CCN(CC)C(=O)N[C@H](NC(=S)Nc1cc([N+](=O)[O-])ccc1OC)C(Cl)(Cl)Cl. The van der Waals surface area contributed by atoms with E-state index in [-0.39, 0.29) is 16.5 Å². The van der Waals surface area contributed by atoms with Crippen molar-refractivity contribution in [2.75, 3.05) is 25.5 Å². The van der Waals surface area contributed by atoms with Crippen LogP contribution in [0.2, 0.25) is 0 Å². The fourth-order valence-corrected chi connectivity index (χ4v) is 2.68. The zero-order valence-electron chi connectivity index (χ0n) is 15.3. The molecular weight excluding hydrogens is 453 g/mol. The van der Waals surface area contributed by atoms with E-state index in [0.29, 0.717) is 18.8 Å². The number of carbonyl (C=O) groups excluding carboxylic acids is 1. The van der Waals surface area contributed by atoms with Gasteiger partial charge < -0.3 is 25.6 Å². The highest BCUT2D eigenvalue weighted by molar-refractivity contribution is 7.80. The molecule has 0 aromatic heterocycles. The Kier molecular flexibility index (Phi) is 9.28. The third kappa shape index (κ3) is 7.01. The molecule has 3 N–H and O–H groups in total. The first-order valence-electron chi connectivity index (χ1n) is 8.05. The van der Waals surface area contributed by atoms with Crippen LogP contribution in [0.3, 0.4) is 0 Å². The number of hydrogen-bond donors (Lipinski definition) is 3. The van der Waals surface area contributed by atoms with Gasteiger partial charge in [0.05, 0.1) is 17.7 Å². The molecule has 0 aliphatic heterocycles. The number of amides is 2. The van der Waals surface area contributed by atoms with E-state index in [9.17, 15) is 14.9 Å². The van der Waals surface area contributed by atoms with Crippen LogP contribution in [0.5, 0.6) is 5.75 Å². The van der Waals surface area contributed by atoms with Crippen LogP contribution < -0.4 is 20.7 Å². The van der Waals surface area contributed by atoms with E-state index in [2.05, 4.69) is 16.0 Å². The van der Waals surface area contributed by atoms with Crippen LogP contribution in [0.1, 0.15) is 13.8 Å². The average Bonchev–Trinajstić information content (AvgIpc) is 2.61. The molecule has 1 rings (SSSR count). The van der Waals surface area contributed by atoms with Crippen LogP contribution in [0.4, 0.5) is 16.2 Å². The predicted octanol–water partition coefficient (Wildman–Crippen LogP) is 3.64. The molecule has 0 heterocycles. The normalized spacial score (nSPS) is 11.9. The van der Waals surface area contributed by atoms with Crippen LogP contribution in [-0.2, 0) is 0 Å². The van der Waals surface area contributed by atoms with Gasteiger partial charge in [-0.1, -0.05) is 34.8 Å². The van der Waals surface area contributed by atoms with Crippen molar-refractivity contribution in [1.29, 1.82) is 0 Å². The number of ether oxygens (including phenoxy) is 1. The minimum atomic E-state index is -1.93. The number of hydrogen-bond acceptors (Lipinski definition) is 5. The number of non-ortho nitro benzene ring substituents is 1. The molecule has 0 fully saturated rings. The smallest absolute Gasteiger partial charge is 0.319 e. The van der Waals surface area contributed by atoms with Crippen molar-refractivity contribution < 1.29 is 14.5 Å². The summed E-state index contributed by atoms with van der Waals surface area (Å²) in [4.78, 5) is 24.2. The van der Waals surface area contributed by atoms with Crippen molar-refractivity contribution in [3.63, 3.8) is 0 Å². The Morgan fingerprint density at radius 3 is 2.39 bits per heavy atom. The van der Waals surface area contributed by atoms with Gasteiger partial charge in [-0.05, 0) is 32.1 Å². The molecule has 0 radical (unpaired) electrons. The molecule has 0 unspecified atom stereocenters. The van der Waals surface area contributed by atoms with Gasteiger partial charge in [-0.3, -0.25) is 10.1 Å². The van der Waals surface area contributed by atoms with Gasteiger partial charge in [0, 0.05) is 25.2 Å². The van der Waals surface area contributed by atoms with E-state index < -0.39 is 20.9 Å². The molecular formula is C15H20Cl3N5O4S. The number of benzene rings is 1. The van der Waals surface area contributed by atoms with Crippen molar-refractivity contribution >= 4 is 69.5 Å². The number of carbonyl (C=O) groups is 1. The molecule has 1 aromatic rings. The van der Waals surface area contributed by atoms with Crippen LogP contribution in [-0.4, -0.2) is 51.1 Å². The second kappa shape index (κ2) is 10.7. The number of nitro groups is 1. The Balaban J connectivity index is 2.96. The molecule has 0 spiro atoms. The molecule has 9 nitrogen and oxygen atoms in total. The minimum Gasteiger partial charge on any atom is -0.495 e. The van der Waals surface area contributed by atoms with E-state index in [0.717, 1.165) is 0 Å². The molecule has 0 saturated heterocycles. The molecule has 1 aromatic carbocycles. The second-order valence-electron chi connectivity index (χ2n) is 5.34. The lowest BCUT2D eigenvalue weighted by atomic mass is 10.2. The molecule has 0 aliphatic carbocycles. The number of anilines is 1. The molecule has 0 bridgehead atoms. The number of urea groups is 1. The maximum Gasteiger partial charge on any atom is 0.319 e. The molecule has 2 amide bonds. The lowest BCUT2D eigenvalue weighted by Gasteiger charge is -2.30. The fraction of sp³-hybridized carbons (Fsp3) is 0.467. The Hall–Kier alpha value is -1.75. The van der Waals surface area contributed by atoms with Gasteiger partial charge in [0.15, 0.2) is 11.3 Å². The number of rotatable bonds is 7. The molecule has 13 heteroatoms. The van der Waals surface area contributed by atoms with Crippen molar-refractivity contribution in [3.8, 4) is 5.75 Å². The van der Waals surface area contributed by atoms with Crippen LogP contribution in [0.25, 0.3) is 0 Å². The van der Waals surface area contributed by atoms with Gasteiger partial charge in [0.25, 0.3) is 5.69 Å². The van der Waals surface area contributed by atoms with Crippen LogP contribution >= 0.6 is 47.0 Å². The highest BCUT2D eigenvalue weighted by atomic mass is 35.6. The predicted molar refractivity (Wildman–Crippen MR) is 115 cm³/mol. The Labute approximate surface area is 182 Å². The van der Waals surface area contributed by atoms with Gasteiger partial charge in [-0.15, -0.1) is 0 Å². The first kappa shape index (κ1) is 24.3. The third-order valence-corrected chi connectivity index (χ3v) is 4.44. The first-order valence-corrected chi connectivity index (χ1v) is 9.59. The third-order valence-electron chi connectivity index (χ3n) is 3.56. The number of methoxy groups -OCH3 is 1. The molecule has 1 atom stereocenters. The first-order chi connectivity index (χ1) is 13.0. The van der Waals surface area contributed by atoms with Crippen molar-refractivity contribution in [3.05, 3.63) is 28.3 Å². The number of thiocarbonyl (C=S) groups is 1. The highest BCUT2D eigenvalue weighted by Crippen LogP contribution is 2.31. The quantitative estimate of drug-likeness (QED) is 0.183. The van der Waals surface area contributed by atoms with E-state index in [1.807, 2.05) is 13.8 Å². The molecule has 28 heavy (non-hydrogen) atoms. The van der Waals surface area contributed by atoms with E-state index >= 15 is 0 Å². The summed E-state index contributed by atoms with van der Waals surface area (Å²) in [5, 5.41) is 18.9. The van der Waals surface area contributed by atoms with E-state index in [4.69, 9.17) is 51.8 Å². The number of nitrogens with one attached hydrogen (secondary N) is 3. The van der Waals surface area contributed by atoms with Crippen LogP contribution in [0, 0.1) is 10.1 Å². The van der Waals surface area contributed by atoms with Crippen molar-refractivity contribution in [2.45, 2.75) is 23.8 Å². The summed E-state index contributed by atoms with van der Waals surface area (Å²) in [6, 6.07) is 3.49.